The van der Waals surface area contributed by atoms with Crippen LogP contribution in [0.1, 0.15) is 24.1 Å². The van der Waals surface area contributed by atoms with E-state index in [9.17, 15) is 0 Å². The molecule has 1 fully saturated rings. The van der Waals surface area contributed by atoms with Crippen LogP contribution >= 0.6 is 0 Å². The second-order valence-electron chi connectivity index (χ2n) is 8.05. The highest BCUT2D eigenvalue weighted by atomic mass is 15.2. The number of nitrogens with zero attached hydrogens (tertiary/aromatic N) is 4. The Morgan fingerprint density at radius 1 is 0.963 bits per heavy atom. The molecule has 1 aromatic heterocycles. The molecule has 0 spiro atoms. The first-order chi connectivity index (χ1) is 13.1. The number of piperidine rings is 1. The van der Waals surface area contributed by atoms with Crippen LogP contribution in [0.3, 0.4) is 0 Å². The molecule has 1 N–H and O–H groups in total. The van der Waals surface area contributed by atoms with Gasteiger partial charge >= 0.3 is 0 Å². The summed E-state index contributed by atoms with van der Waals surface area (Å²) in [4.78, 5) is 4.58. The maximum atomic E-state index is 4.46. The summed E-state index contributed by atoms with van der Waals surface area (Å²) >= 11 is 0. The zero-order valence-electron chi connectivity index (χ0n) is 17.0. The van der Waals surface area contributed by atoms with Gasteiger partial charge < -0.3 is 15.1 Å². The fourth-order valence-corrected chi connectivity index (χ4v) is 3.64. The number of aromatic nitrogens is 2. The van der Waals surface area contributed by atoms with E-state index in [-0.39, 0.29) is 0 Å². The summed E-state index contributed by atoms with van der Waals surface area (Å²) in [7, 11) is 6.40. The van der Waals surface area contributed by atoms with Gasteiger partial charge in [0.05, 0.1) is 11.4 Å². The molecule has 5 nitrogen and oxygen atoms in total. The second-order valence-corrected chi connectivity index (χ2v) is 8.05. The van der Waals surface area contributed by atoms with Crippen molar-refractivity contribution in [2.45, 2.75) is 25.8 Å². The van der Waals surface area contributed by atoms with Crippen molar-refractivity contribution < 1.29 is 0 Å². The molecule has 1 aliphatic heterocycles. The Labute approximate surface area is 163 Å². The van der Waals surface area contributed by atoms with Crippen LogP contribution < -0.4 is 5.32 Å². The number of hydrogen-bond donors (Lipinski definition) is 1. The van der Waals surface area contributed by atoms with E-state index in [4.69, 9.17) is 0 Å². The largest absolute Gasteiger partial charge is 0.317 e. The summed E-state index contributed by atoms with van der Waals surface area (Å²) in [6.45, 7) is 5.38. The smallest absolute Gasteiger partial charge is 0.0929 e. The first-order valence-electron chi connectivity index (χ1n) is 10.1. The standard InChI is InChI=1S/C22H33N5/c1-26(2)15-12-18-4-6-20(7-5-18)22-9-8-21(24-25-22)17-27(3)16-19-10-13-23-14-11-19/h4-9,19,23H,10-17H2,1-3H3. The molecular weight excluding hydrogens is 334 g/mol. The van der Waals surface area contributed by atoms with E-state index in [1.165, 1.54) is 18.4 Å². The van der Waals surface area contributed by atoms with Crippen LogP contribution in [0.5, 0.6) is 0 Å². The molecule has 5 heteroatoms. The Morgan fingerprint density at radius 2 is 1.70 bits per heavy atom. The minimum atomic E-state index is 0.800. The van der Waals surface area contributed by atoms with Crippen molar-refractivity contribution in [1.82, 2.24) is 25.3 Å². The predicted octanol–water partition coefficient (Wildman–Crippen LogP) is 2.68. The zero-order valence-corrected chi connectivity index (χ0v) is 17.0. The van der Waals surface area contributed by atoms with Gasteiger partial charge in [-0.3, -0.25) is 0 Å². The van der Waals surface area contributed by atoms with Crippen LogP contribution in [-0.4, -0.2) is 67.3 Å². The molecule has 2 heterocycles. The number of benzene rings is 1. The van der Waals surface area contributed by atoms with Gasteiger partial charge in [0, 0.05) is 25.2 Å². The van der Waals surface area contributed by atoms with E-state index < -0.39 is 0 Å². The summed E-state index contributed by atoms with van der Waals surface area (Å²) in [5.74, 6) is 0.800. The molecule has 0 amide bonds. The average Bonchev–Trinajstić information content (AvgIpc) is 2.68. The maximum Gasteiger partial charge on any atom is 0.0929 e. The number of nitrogens with one attached hydrogen (secondary N) is 1. The van der Waals surface area contributed by atoms with Crippen LogP contribution in [0.4, 0.5) is 0 Å². The van der Waals surface area contributed by atoms with Gasteiger partial charge in [-0.1, -0.05) is 24.3 Å². The summed E-state index contributed by atoms with van der Waals surface area (Å²) in [5, 5.41) is 12.3. The van der Waals surface area contributed by atoms with Gasteiger partial charge in [-0.15, -0.1) is 0 Å². The van der Waals surface area contributed by atoms with Gasteiger partial charge in [-0.25, -0.2) is 0 Å². The minimum absolute atomic E-state index is 0.800. The molecule has 1 saturated heterocycles. The molecule has 0 bridgehead atoms. The molecule has 146 valence electrons. The Balaban J connectivity index is 1.53. The Hall–Kier alpha value is -1.82. The van der Waals surface area contributed by atoms with Gasteiger partial charge in [-0.05, 0) is 77.1 Å². The molecular formula is C22H33N5. The fourth-order valence-electron chi connectivity index (χ4n) is 3.64. The van der Waals surface area contributed by atoms with E-state index in [0.29, 0.717) is 0 Å². The molecule has 27 heavy (non-hydrogen) atoms. The van der Waals surface area contributed by atoms with Crippen LogP contribution in [0.15, 0.2) is 36.4 Å². The van der Waals surface area contributed by atoms with Crippen molar-refractivity contribution in [2.24, 2.45) is 5.92 Å². The monoisotopic (exact) mass is 367 g/mol. The molecule has 3 rings (SSSR count). The lowest BCUT2D eigenvalue weighted by Gasteiger charge is -2.27. The van der Waals surface area contributed by atoms with Gasteiger partial charge in [0.25, 0.3) is 0 Å². The molecule has 0 unspecified atom stereocenters. The van der Waals surface area contributed by atoms with Crippen molar-refractivity contribution in [3.05, 3.63) is 47.7 Å². The third-order valence-electron chi connectivity index (χ3n) is 5.28. The molecule has 2 aromatic rings. The van der Waals surface area contributed by atoms with E-state index in [1.54, 1.807) is 0 Å². The van der Waals surface area contributed by atoms with Crippen LogP contribution in [0, 0.1) is 5.92 Å². The van der Waals surface area contributed by atoms with Crippen LogP contribution in [-0.2, 0) is 13.0 Å². The summed E-state index contributed by atoms with van der Waals surface area (Å²) in [6, 6.07) is 12.9. The lowest BCUT2D eigenvalue weighted by molar-refractivity contribution is 0.232. The topological polar surface area (TPSA) is 44.3 Å². The van der Waals surface area contributed by atoms with Crippen molar-refractivity contribution in [3.8, 4) is 11.3 Å². The fraction of sp³-hybridized carbons (Fsp3) is 0.545. The predicted molar refractivity (Wildman–Crippen MR) is 112 cm³/mol. The lowest BCUT2D eigenvalue weighted by Crippen LogP contribution is -2.34. The Kier molecular flexibility index (Phi) is 7.33. The van der Waals surface area contributed by atoms with E-state index in [1.807, 2.05) is 0 Å². The van der Waals surface area contributed by atoms with Crippen molar-refractivity contribution in [1.29, 1.82) is 0 Å². The average molecular weight is 368 g/mol. The van der Waals surface area contributed by atoms with Crippen molar-refractivity contribution in [2.75, 3.05) is 47.3 Å². The number of rotatable bonds is 8. The Morgan fingerprint density at radius 3 is 2.33 bits per heavy atom. The maximum absolute atomic E-state index is 4.46. The number of likely N-dealkylation sites (N-methyl/N-ethyl adjacent to an activating group) is 1. The van der Waals surface area contributed by atoms with Crippen LogP contribution in [0.2, 0.25) is 0 Å². The SMILES string of the molecule is CN(C)CCc1ccc(-c2ccc(CN(C)CC3CCNCC3)nn2)cc1. The zero-order chi connectivity index (χ0) is 19.1. The van der Waals surface area contributed by atoms with E-state index >= 15 is 0 Å². The lowest BCUT2D eigenvalue weighted by atomic mass is 9.98. The molecule has 1 aromatic carbocycles. The first kappa shape index (κ1) is 19.9. The van der Waals surface area contributed by atoms with Gasteiger partial charge in [0.2, 0.25) is 0 Å². The highest BCUT2D eigenvalue weighted by Crippen LogP contribution is 2.18. The molecule has 0 saturated carbocycles. The Bertz CT molecular complexity index is 675. The highest BCUT2D eigenvalue weighted by Gasteiger charge is 2.15. The van der Waals surface area contributed by atoms with E-state index in [2.05, 4.69) is 82.9 Å². The molecule has 0 aliphatic carbocycles. The number of hydrogen-bond acceptors (Lipinski definition) is 5. The molecule has 1 aliphatic rings. The van der Waals surface area contributed by atoms with Crippen LogP contribution in [0.25, 0.3) is 11.3 Å². The normalized spacial score (nSPS) is 15.6. The van der Waals surface area contributed by atoms with E-state index in [0.717, 1.165) is 62.0 Å². The second kappa shape index (κ2) is 9.93. The minimum Gasteiger partial charge on any atom is -0.317 e. The van der Waals surface area contributed by atoms with Gasteiger partial charge in [-0.2, -0.15) is 10.2 Å². The van der Waals surface area contributed by atoms with Crippen molar-refractivity contribution in [3.63, 3.8) is 0 Å². The summed E-state index contributed by atoms with van der Waals surface area (Å²) < 4.78 is 0. The third kappa shape index (κ3) is 6.38. The van der Waals surface area contributed by atoms with Gasteiger partial charge in [0.15, 0.2) is 0 Å². The molecule has 0 radical (unpaired) electrons. The highest BCUT2D eigenvalue weighted by molar-refractivity contribution is 5.58. The molecule has 0 atom stereocenters. The first-order valence-corrected chi connectivity index (χ1v) is 10.1. The quantitative estimate of drug-likeness (QED) is 0.777. The third-order valence-corrected chi connectivity index (χ3v) is 5.28. The van der Waals surface area contributed by atoms with Gasteiger partial charge in [0.1, 0.15) is 0 Å². The summed E-state index contributed by atoms with van der Waals surface area (Å²) in [5.41, 5.74) is 4.47. The van der Waals surface area contributed by atoms with Crippen molar-refractivity contribution >= 4 is 0 Å². The summed E-state index contributed by atoms with van der Waals surface area (Å²) in [6.07, 6.45) is 3.63.